The summed E-state index contributed by atoms with van der Waals surface area (Å²) in [7, 11) is 0. The Labute approximate surface area is 107 Å². The van der Waals surface area contributed by atoms with E-state index in [1.54, 1.807) is 6.20 Å². The maximum atomic E-state index is 10.5. The van der Waals surface area contributed by atoms with Gasteiger partial charge in [0.15, 0.2) is 5.13 Å². The summed E-state index contributed by atoms with van der Waals surface area (Å²) in [6, 6.07) is 0. The van der Waals surface area contributed by atoms with E-state index in [4.69, 9.17) is 0 Å². The number of nitro groups is 1. The molecule has 8 heteroatoms. The quantitative estimate of drug-likeness (QED) is 0.662. The third-order valence-corrected chi connectivity index (χ3v) is 3.56. The number of hydrogen-bond acceptors (Lipinski definition) is 6. The summed E-state index contributed by atoms with van der Waals surface area (Å²) in [5, 5.41) is 18.3. The van der Waals surface area contributed by atoms with Gasteiger partial charge in [0, 0.05) is 12.7 Å². The highest BCUT2D eigenvalue weighted by Gasteiger charge is 2.22. The molecule has 0 saturated heterocycles. The first kappa shape index (κ1) is 11.1. The molecule has 3 rings (SSSR count). The van der Waals surface area contributed by atoms with Gasteiger partial charge in [0.05, 0.1) is 16.8 Å². The molecule has 1 fully saturated rings. The molecule has 2 aromatic heterocycles. The summed E-state index contributed by atoms with van der Waals surface area (Å²) in [5.74, 6) is 0.763. The van der Waals surface area contributed by atoms with E-state index in [1.165, 1.54) is 19.0 Å². The molecule has 18 heavy (non-hydrogen) atoms. The van der Waals surface area contributed by atoms with Crippen molar-refractivity contribution in [1.82, 2.24) is 14.8 Å². The molecule has 1 saturated carbocycles. The molecule has 0 spiro atoms. The first-order chi connectivity index (χ1) is 8.70. The zero-order valence-electron chi connectivity index (χ0n) is 9.44. The van der Waals surface area contributed by atoms with Crippen molar-refractivity contribution in [3.05, 3.63) is 28.7 Å². The number of rotatable bonds is 5. The number of nitrogens with zero attached hydrogens (tertiary/aromatic N) is 4. The molecular weight excluding hydrogens is 254 g/mol. The number of anilines is 2. The number of aromatic nitrogens is 3. The summed E-state index contributed by atoms with van der Waals surface area (Å²) in [6.45, 7) is 0.944. The lowest BCUT2D eigenvalue weighted by atomic mass is 10.4. The van der Waals surface area contributed by atoms with Gasteiger partial charge in [-0.2, -0.15) is 5.10 Å². The van der Waals surface area contributed by atoms with Crippen molar-refractivity contribution in [2.45, 2.75) is 19.4 Å². The van der Waals surface area contributed by atoms with Crippen molar-refractivity contribution in [3.63, 3.8) is 0 Å². The third kappa shape index (κ3) is 2.48. The van der Waals surface area contributed by atoms with E-state index in [1.807, 2.05) is 10.9 Å². The minimum absolute atomic E-state index is 0.0304. The van der Waals surface area contributed by atoms with Crippen molar-refractivity contribution < 1.29 is 4.92 Å². The van der Waals surface area contributed by atoms with Crippen molar-refractivity contribution in [1.29, 1.82) is 0 Å². The van der Waals surface area contributed by atoms with Gasteiger partial charge in [-0.3, -0.25) is 14.8 Å². The molecule has 1 aliphatic carbocycles. The molecule has 1 aliphatic rings. The van der Waals surface area contributed by atoms with Crippen LogP contribution in [0.25, 0.3) is 0 Å². The van der Waals surface area contributed by atoms with Gasteiger partial charge in [-0.25, -0.2) is 4.98 Å². The van der Waals surface area contributed by atoms with E-state index in [9.17, 15) is 10.1 Å². The highest BCUT2D eigenvalue weighted by atomic mass is 32.1. The first-order valence-electron chi connectivity index (χ1n) is 5.60. The van der Waals surface area contributed by atoms with E-state index >= 15 is 0 Å². The van der Waals surface area contributed by atoms with Gasteiger partial charge in [0.25, 0.3) is 0 Å². The summed E-state index contributed by atoms with van der Waals surface area (Å²) in [6.07, 6.45) is 7.41. The van der Waals surface area contributed by atoms with Crippen molar-refractivity contribution in [3.8, 4) is 0 Å². The average molecular weight is 265 g/mol. The van der Waals surface area contributed by atoms with Crippen LogP contribution in [0, 0.1) is 16.0 Å². The number of thiazole rings is 1. The first-order valence-corrected chi connectivity index (χ1v) is 6.42. The molecule has 0 bridgehead atoms. The standard InChI is InChI=1S/C10H11N5O2S/c16-15(17)9-4-11-10(18-9)13-8-3-12-14(6-8)5-7-1-2-7/h3-4,6-7H,1-2,5H2,(H,11,13). The van der Waals surface area contributed by atoms with Crippen molar-refractivity contribution >= 4 is 27.2 Å². The Bertz CT molecular complexity index is 574. The van der Waals surface area contributed by atoms with Crippen LogP contribution in [-0.4, -0.2) is 19.7 Å². The molecule has 0 atom stereocenters. The summed E-state index contributed by atoms with van der Waals surface area (Å²) >= 11 is 1.01. The maximum absolute atomic E-state index is 10.5. The van der Waals surface area contributed by atoms with Gasteiger partial charge in [-0.1, -0.05) is 0 Å². The molecule has 0 amide bonds. The largest absolute Gasteiger partial charge is 0.345 e. The SMILES string of the molecule is O=[N+]([O-])c1cnc(Nc2cnn(CC3CC3)c2)s1. The predicted molar refractivity (Wildman–Crippen MR) is 67.0 cm³/mol. The normalized spacial score (nSPS) is 14.7. The monoisotopic (exact) mass is 265 g/mol. The van der Waals surface area contributed by atoms with E-state index in [0.29, 0.717) is 5.13 Å². The molecule has 7 nitrogen and oxygen atoms in total. The van der Waals surface area contributed by atoms with Crippen LogP contribution in [0.5, 0.6) is 0 Å². The summed E-state index contributed by atoms with van der Waals surface area (Å²) < 4.78 is 1.89. The second-order valence-electron chi connectivity index (χ2n) is 4.28. The fraction of sp³-hybridized carbons (Fsp3) is 0.400. The Hall–Kier alpha value is -1.96. The fourth-order valence-electron chi connectivity index (χ4n) is 1.62. The third-order valence-electron chi connectivity index (χ3n) is 2.70. The molecule has 2 heterocycles. The average Bonchev–Trinajstić information content (AvgIpc) is 2.85. The summed E-state index contributed by atoms with van der Waals surface area (Å²) in [5.41, 5.74) is 0.805. The van der Waals surface area contributed by atoms with E-state index in [2.05, 4.69) is 15.4 Å². The van der Waals surface area contributed by atoms with Gasteiger partial charge >= 0.3 is 5.00 Å². The molecule has 0 aromatic carbocycles. The van der Waals surface area contributed by atoms with Crippen LogP contribution < -0.4 is 5.32 Å². The minimum Gasteiger partial charge on any atom is -0.329 e. The molecule has 1 N–H and O–H groups in total. The number of nitrogens with one attached hydrogen (secondary N) is 1. The second kappa shape index (κ2) is 4.37. The maximum Gasteiger partial charge on any atom is 0.345 e. The molecule has 2 aromatic rings. The Kier molecular flexibility index (Phi) is 2.71. The fourth-order valence-corrected chi connectivity index (χ4v) is 2.28. The van der Waals surface area contributed by atoms with Gasteiger partial charge < -0.3 is 5.32 Å². The lowest BCUT2D eigenvalue weighted by Crippen LogP contribution is -1.99. The second-order valence-corrected chi connectivity index (χ2v) is 5.29. The van der Waals surface area contributed by atoms with Crippen LogP contribution in [0.4, 0.5) is 15.8 Å². The van der Waals surface area contributed by atoms with Gasteiger partial charge in [-0.15, -0.1) is 0 Å². The summed E-state index contributed by atoms with van der Waals surface area (Å²) in [4.78, 5) is 14.0. The van der Waals surface area contributed by atoms with E-state index < -0.39 is 4.92 Å². The minimum atomic E-state index is -0.445. The van der Waals surface area contributed by atoms with Gasteiger partial charge in [0.1, 0.15) is 6.20 Å². The highest BCUT2D eigenvalue weighted by molar-refractivity contribution is 7.18. The molecule has 0 radical (unpaired) electrons. The topological polar surface area (TPSA) is 85.9 Å². The molecular formula is C10H11N5O2S. The van der Waals surface area contributed by atoms with Gasteiger partial charge in [-0.05, 0) is 30.1 Å². The molecule has 94 valence electrons. The van der Waals surface area contributed by atoms with Crippen LogP contribution in [0.2, 0.25) is 0 Å². The van der Waals surface area contributed by atoms with Crippen molar-refractivity contribution in [2.75, 3.05) is 5.32 Å². The highest BCUT2D eigenvalue weighted by Crippen LogP contribution is 2.31. The zero-order valence-corrected chi connectivity index (χ0v) is 10.3. The van der Waals surface area contributed by atoms with Gasteiger partial charge in [0.2, 0.25) is 0 Å². The van der Waals surface area contributed by atoms with Crippen molar-refractivity contribution in [2.24, 2.45) is 5.92 Å². The smallest absolute Gasteiger partial charge is 0.329 e. The van der Waals surface area contributed by atoms with E-state index in [0.717, 1.165) is 29.5 Å². The predicted octanol–water partition coefficient (Wildman–Crippen LogP) is 2.40. The van der Waals surface area contributed by atoms with Crippen LogP contribution >= 0.6 is 11.3 Å². The van der Waals surface area contributed by atoms with Crippen LogP contribution in [0.15, 0.2) is 18.6 Å². The van der Waals surface area contributed by atoms with E-state index in [-0.39, 0.29) is 5.00 Å². The van der Waals surface area contributed by atoms with Crippen LogP contribution in [0.1, 0.15) is 12.8 Å². The zero-order chi connectivity index (χ0) is 12.5. The Morgan fingerprint density at radius 2 is 2.39 bits per heavy atom. The molecule has 0 unspecified atom stereocenters. The lowest BCUT2D eigenvalue weighted by Gasteiger charge is -1.97. The lowest BCUT2D eigenvalue weighted by molar-refractivity contribution is -0.380. The van der Waals surface area contributed by atoms with Crippen LogP contribution in [0.3, 0.4) is 0 Å². The Morgan fingerprint density at radius 1 is 1.56 bits per heavy atom. The number of hydrogen-bond donors (Lipinski definition) is 1. The van der Waals surface area contributed by atoms with Crippen LogP contribution in [-0.2, 0) is 6.54 Å². The Morgan fingerprint density at radius 3 is 3.06 bits per heavy atom. The molecule has 0 aliphatic heterocycles. The Balaban J connectivity index is 1.66.